The van der Waals surface area contributed by atoms with Gasteiger partial charge < -0.3 is 0 Å². The zero-order chi connectivity index (χ0) is 12.5. The SMILES string of the molecule is CCC(C)c1ccccc1.Sc1ccccc1. The molecule has 90 valence electrons. The molecule has 0 amide bonds. The normalized spacial score (nSPS) is 11.2. The minimum absolute atomic E-state index is 0.709. The Morgan fingerprint density at radius 2 is 1.35 bits per heavy atom. The van der Waals surface area contributed by atoms with E-state index < -0.39 is 0 Å². The Balaban J connectivity index is 0.000000181. The summed E-state index contributed by atoms with van der Waals surface area (Å²) in [6, 6.07) is 20.4. The largest absolute Gasteiger partial charge is 0.143 e. The molecule has 0 nitrogen and oxygen atoms in total. The van der Waals surface area contributed by atoms with Gasteiger partial charge in [-0.15, -0.1) is 12.6 Å². The number of hydrogen-bond donors (Lipinski definition) is 1. The molecule has 0 saturated carbocycles. The van der Waals surface area contributed by atoms with Crippen LogP contribution in [0.3, 0.4) is 0 Å². The molecule has 2 aromatic rings. The first-order valence-corrected chi connectivity index (χ1v) is 6.47. The van der Waals surface area contributed by atoms with Crippen LogP contribution in [0.25, 0.3) is 0 Å². The summed E-state index contributed by atoms with van der Waals surface area (Å²) >= 11 is 4.08. The van der Waals surface area contributed by atoms with Gasteiger partial charge in [-0.1, -0.05) is 62.4 Å². The molecule has 0 aliphatic rings. The van der Waals surface area contributed by atoms with Crippen molar-refractivity contribution in [3.8, 4) is 0 Å². The number of hydrogen-bond acceptors (Lipinski definition) is 1. The van der Waals surface area contributed by atoms with Crippen LogP contribution in [0.2, 0.25) is 0 Å². The van der Waals surface area contributed by atoms with E-state index >= 15 is 0 Å². The summed E-state index contributed by atoms with van der Waals surface area (Å²) in [6.07, 6.45) is 1.23. The fourth-order valence-corrected chi connectivity index (χ4v) is 1.62. The Morgan fingerprint density at radius 1 is 0.882 bits per heavy atom. The van der Waals surface area contributed by atoms with Gasteiger partial charge in [-0.05, 0) is 30.0 Å². The highest BCUT2D eigenvalue weighted by atomic mass is 32.1. The van der Waals surface area contributed by atoms with E-state index in [9.17, 15) is 0 Å². The van der Waals surface area contributed by atoms with Crippen LogP contribution in [0.4, 0.5) is 0 Å². The molecule has 0 N–H and O–H groups in total. The van der Waals surface area contributed by atoms with Crippen molar-refractivity contribution in [2.45, 2.75) is 31.1 Å². The maximum atomic E-state index is 4.08. The highest BCUT2D eigenvalue weighted by molar-refractivity contribution is 7.80. The Bertz CT molecular complexity index is 394. The lowest BCUT2D eigenvalue weighted by Gasteiger charge is -2.06. The highest BCUT2D eigenvalue weighted by Crippen LogP contribution is 2.16. The topological polar surface area (TPSA) is 0 Å². The Labute approximate surface area is 110 Å². The molecule has 0 aliphatic carbocycles. The zero-order valence-electron chi connectivity index (χ0n) is 10.5. The molecule has 0 saturated heterocycles. The molecule has 1 heteroatoms. The van der Waals surface area contributed by atoms with Crippen molar-refractivity contribution in [3.63, 3.8) is 0 Å². The maximum Gasteiger partial charge on any atom is 0.00399 e. The fourth-order valence-electron chi connectivity index (χ4n) is 1.45. The molecular formula is C16H20S. The van der Waals surface area contributed by atoms with E-state index in [2.05, 4.69) is 56.8 Å². The van der Waals surface area contributed by atoms with Gasteiger partial charge in [0.15, 0.2) is 0 Å². The van der Waals surface area contributed by atoms with Gasteiger partial charge in [0.05, 0.1) is 0 Å². The molecule has 0 heterocycles. The highest BCUT2D eigenvalue weighted by Gasteiger charge is 1.98. The lowest BCUT2D eigenvalue weighted by Crippen LogP contribution is -1.88. The lowest BCUT2D eigenvalue weighted by molar-refractivity contribution is 0.733. The molecule has 2 rings (SSSR count). The second kappa shape index (κ2) is 7.97. The van der Waals surface area contributed by atoms with Crippen LogP contribution in [0, 0.1) is 0 Å². The average molecular weight is 244 g/mol. The quantitative estimate of drug-likeness (QED) is 0.692. The average Bonchev–Trinajstić information content (AvgIpc) is 2.40. The third kappa shape index (κ3) is 5.60. The minimum atomic E-state index is 0.709. The Hall–Kier alpha value is -1.21. The van der Waals surface area contributed by atoms with Crippen molar-refractivity contribution < 1.29 is 0 Å². The fraction of sp³-hybridized carbons (Fsp3) is 0.250. The van der Waals surface area contributed by atoms with Gasteiger partial charge in [0.25, 0.3) is 0 Å². The molecule has 1 atom stereocenters. The molecule has 2 aromatic carbocycles. The summed E-state index contributed by atoms with van der Waals surface area (Å²) in [5, 5.41) is 0. The summed E-state index contributed by atoms with van der Waals surface area (Å²) < 4.78 is 0. The van der Waals surface area contributed by atoms with Crippen molar-refractivity contribution in [2.75, 3.05) is 0 Å². The molecule has 17 heavy (non-hydrogen) atoms. The van der Waals surface area contributed by atoms with E-state index in [1.54, 1.807) is 0 Å². The summed E-state index contributed by atoms with van der Waals surface area (Å²) in [4.78, 5) is 1.02. The predicted octanol–water partition coefficient (Wildman–Crippen LogP) is 5.18. The van der Waals surface area contributed by atoms with Gasteiger partial charge in [-0.25, -0.2) is 0 Å². The zero-order valence-corrected chi connectivity index (χ0v) is 11.4. The van der Waals surface area contributed by atoms with Crippen LogP contribution in [0.15, 0.2) is 65.6 Å². The second-order valence-corrected chi connectivity index (χ2v) is 4.57. The third-order valence-corrected chi connectivity index (χ3v) is 3.04. The van der Waals surface area contributed by atoms with Gasteiger partial charge in [-0.2, -0.15) is 0 Å². The summed E-state index contributed by atoms with van der Waals surface area (Å²) in [7, 11) is 0. The van der Waals surface area contributed by atoms with E-state index in [0.29, 0.717) is 5.92 Å². The monoisotopic (exact) mass is 244 g/mol. The number of benzene rings is 2. The molecular weight excluding hydrogens is 224 g/mol. The van der Waals surface area contributed by atoms with Gasteiger partial charge >= 0.3 is 0 Å². The summed E-state index contributed by atoms with van der Waals surface area (Å²) in [5.74, 6) is 0.709. The molecule has 0 aliphatic heterocycles. The standard InChI is InChI=1S/C10H14.C6H6S/c1-3-9(2)10-7-5-4-6-8-10;7-6-4-2-1-3-5-6/h4-9H,3H2,1-2H3;1-5,7H. The van der Waals surface area contributed by atoms with Crippen LogP contribution in [-0.2, 0) is 0 Å². The lowest BCUT2D eigenvalue weighted by atomic mass is 9.99. The van der Waals surface area contributed by atoms with E-state index in [1.165, 1.54) is 12.0 Å². The van der Waals surface area contributed by atoms with Gasteiger partial charge in [0.2, 0.25) is 0 Å². The van der Waals surface area contributed by atoms with Crippen LogP contribution < -0.4 is 0 Å². The van der Waals surface area contributed by atoms with Crippen molar-refractivity contribution in [2.24, 2.45) is 0 Å². The minimum Gasteiger partial charge on any atom is -0.143 e. The second-order valence-electron chi connectivity index (χ2n) is 4.06. The predicted molar refractivity (Wildman–Crippen MR) is 78.8 cm³/mol. The molecule has 0 fully saturated rings. The first kappa shape index (κ1) is 13.9. The molecule has 0 spiro atoms. The van der Waals surface area contributed by atoms with Crippen LogP contribution in [0.5, 0.6) is 0 Å². The van der Waals surface area contributed by atoms with Crippen LogP contribution >= 0.6 is 12.6 Å². The molecule has 0 aromatic heterocycles. The number of rotatable bonds is 2. The smallest absolute Gasteiger partial charge is 0.00399 e. The van der Waals surface area contributed by atoms with Crippen molar-refractivity contribution in [1.82, 2.24) is 0 Å². The van der Waals surface area contributed by atoms with Crippen molar-refractivity contribution in [3.05, 3.63) is 66.2 Å². The first-order chi connectivity index (χ1) is 8.24. The summed E-state index contributed by atoms with van der Waals surface area (Å²) in [5.41, 5.74) is 1.45. The molecule has 1 unspecified atom stereocenters. The maximum absolute atomic E-state index is 4.08. The van der Waals surface area contributed by atoms with Gasteiger partial charge in [-0.3, -0.25) is 0 Å². The Kier molecular flexibility index (Phi) is 6.49. The first-order valence-electron chi connectivity index (χ1n) is 6.03. The van der Waals surface area contributed by atoms with E-state index in [0.717, 1.165) is 4.90 Å². The Morgan fingerprint density at radius 3 is 1.71 bits per heavy atom. The van der Waals surface area contributed by atoms with Gasteiger partial charge in [0, 0.05) is 4.90 Å². The third-order valence-electron chi connectivity index (χ3n) is 2.74. The molecule has 0 radical (unpaired) electrons. The van der Waals surface area contributed by atoms with Crippen LogP contribution in [0.1, 0.15) is 31.7 Å². The van der Waals surface area contributed by atoms with Crippen molar-refractivity contribution in [1.29, 1.82) is 0 Å². The van der Waals surface area contributed by atoms with Crippen LogP contribution in [-0.4, -0.2) is 0 Å². The number of thiol groups is 1. The van der Waals surface area contributed by atoms with Crippen molar-refractivity contribution >= 4 is 12.6 Å². The molecule has 0 bridgehead atoms. The van der Waals surface area contributed by atoms with E-state index in [1.807, 2.05) is 30.3 Å². The summed E-state index contributed by atoms with van der Waals surface area (Å²) in [6.45, 7) is 4.48. The van der Waals surface area contributed by atoms with Gasteiger partial charge in [0.1, 0.15) is 0 Å². The van der Waals surface area contributed by atoms with E-state index in [4.69, 9.17) is 0 Å². The van der Waals surface area contributed by atoms with E-state index in [-0.39, 0.29) is 0 Å².